The monoisotopic (exact) mass is 358 g/mol. The van der Waals surface area contributed by atoms with Gasteiger partial charge >= 0.3 is 5.97 Å². The highest BCUT2D eigenvalue weighted by atomic mass is 16.4. The van der Waals surface area contributed by atoms with Gasteiger partial charge in [0.1, 0.15) is 5.82 Å². The Hall–Kier alpha value is -2.40. The molecule has 1 saturated heterocycles. The van der Waals surface area contributed by atoms with E-state index in [1.54, 1.807) is 0 Å². The van der Waals surface area contributed by atoms with E-state index < -0.39 is 5.97 Å². The number of fused-ring (bicyclic) bond motifs is 1. The third-order valence-corrected chi connectivity index (χ3v) is 5.06. The van der Waals surface area contributed by atoms with E-state index in [-0.39, 0.29) is 12.5 Å². The number of carboxylic acid groups (broad SMARTS) is 1. The fourth-order valence-corrected chi connectivity index (χ4v) is 3.70. The van der Waals surface area contributed by atoms with E-state index in [1.165, 1.54) is 0 Å². The molecule has 2 aliphatic heterocycles. The van der Waals surface area contributed by atoms with E-state index in [4.69, 9.17) is 15.1 Å². The minimum absolute atomic E-state index is 0.0338. The molecule has 8 nitrogen and oxygen atoms in total. The third-order valence-electron chi connectivity index (χ3n) is 5.06. The summed E-state index contributed by atoms with van der Waals surface area (Å²) >= 11 is 0. The smallest absolute Gasteiger partial charge is 0.317 e. The molecule has 0 spiro atoms. The van der Waals surface area contributed by atoms with Gasteiger partial charge in [-0.2, -0.15) is 10.2 Å². The van der Waals surface area contributed by atoms with Crippen LogP contribution < -0.4 is 9.80 Å². The minimum atomic E-state index is -0.802. The lowest BCUT2D eigenvalue weighted by Crippen LogP contribution is -2.37. The molecule has 0 aromatic carbocycles. The molecule has 0 amide bonds. The van der Waals surface area contributed by atoms with E-state index in [9.17, 15) is 10.1 Å². The van der Waals surface area contributed by atoms with Crippen molar-refractivity contribution in [2.75, 3.05) is 56.6 Å². The van der Waals surface area contributed by atoms with Gasteiger partial charge in [0.25, 0.3) is 0 Å². The van der Waals surface area contributed by atoms with E-state index in [0.717, 1.165) is 42.9 Å². The molecule has 0 unspecified atom stereocenters. The van der Waals surface area contributed by atoms with Gasteiger partial charge in [0, 0.05) is 52.3 Å². The van der Waals surface area contributed by atoms with Gasteiger partial charge in [0.05, 0.1) is 24.2 Å². The summed E-state index contributed by atoms with van der Waals surface area (Å²) in [6.07, 6.45) is 3.38. The third kappa shape index (κ3) is 4.05. The average molecular weight is 358 g/mol. The molecule has 140 valence electrons. The van der Waals surface area contributed by atoms with Crippen molar-refractivity contribution in [2.24, 2.45) is 5.92 Å². The number of piperidine rings is 1. The summed E-state index contributed by atoms with van der Waals surface area (Å²) in [6.45, 7) is 3.02. The number of rotatable bonds is 4. The van der Waals surface area contributed by atoms with E-state index in [2.05, 4.69) is 11.0 Å². The molecule has 0 bridgehead atoms. The number of nitrogens with zero attached hydrogens (tertiary/aromatic N) is 6. The van der Waals surface area contributed by atoms with Crippen molar-refractivity contribution in [3.8, 4) is 6.07 Å². The first-order chi connectivity index (χ1) is 12.5. The van der Waals surface area contributed by atoms with Crippen LogP contribution in [0, 0.1) is 17.2 Å². The summed E-state index contributed by atoms with van der Waals surface area (Å²) in [7, 11) is 3.85. The molecular formula is C18H26N6O2. The zero-order valence-electron chi connectivity index (χ0n) is 15.5. The van der Waals surface area contributed by atoms with Crippen molar-refractivity contribution in [1.82, 2.24) is 14.9 Å². The van der Waals surface area contributed by atoms with Gasteiger partial charge in [-0.15, -0.1) is 0 Å². The second-order valence-corrected chi connectivity index (χ2v) is 7.25. The normalized spacial score (nSPS) is 20.8. The maximum absolute atomic E-state index is 11.1. The number of carboxylic acids is 1. The average Bonchev–Trinajstić information content (AvgIpc) is 2.83. The largest absolute Gasteiger partial charge is 0.480 e. The standard InChI is InChI=1S/C18H26N6O2/c1-22(2)18-20-15-6-9-23(12-16(25)26)8-5-14(15)17(21-18)24-7-3-4-13(10-19)11-24/h13H,3-9,11-12H2,1-2H3,(H,25,26)/t13-/m1/s1. The Kier molecular flexibility index (Phi) is 5.57. The first kappa shape index (κ1) is 18.4. The Bertz CT molecular complexity index is 714. The number of hydrogen-bond acceptors (Lipinski definition) is 7. The molecule has 1 atom stereocenters. The van der Waals surface area contributed by atoms with Gasteiger partial charge in [-0.3, -0.25) is 9.69 Å². The van der Waals surface area contributed by atoms with Crippen molar-refractivity contribution < 1.29 is 9.90 Å². The maximum Gasteiger partial charge on any atom is 0.317 e. The van der Waals surface area contributed by atoms with Crippen molar-refractivity contribution in [1.29, 1.82) is 5.26 Å². The molecule has 2 aliphatic rings. The quantitative estimate of drug-likeness (QED) is 0.843. The van der Waals surface area contributed by atoms with Crippen molar-refractivity contribution in [2.45, 2.75) is 25.7 Å². The van der Waals surface area contributed by atoms with E-state index in [0.29, 0.717) is 32.0 Å². The second kappa shape index (κ2) is 7.87. The van der Waals surface area contributed by atoms with Gasteiger partial charge in [0.2, 0.25) is 5.95 Å². The molecular weight excluding hydrogens is 332 g/mol. The van der Waals surface area contributed by atoms with Crippen LogP contribution in [0.15, 0.2) is 0 Å². The Balaban J connectivity index is 1.93. The molecule has 1 aromatic rings. The number of hydrogen-bond donors (Lipinski definition) is 1. The summed E-state index contributed by atoms with van der Waals surface area (Å²) < 4.78 is 0. The molecule has 0 aliphatic carbocycles. The molecule has 0 radical (unpaired) electrons. The topological polar surface area (TPSA) is 96.6 Å². The number of nitriles is 1. The molecule has 8 heteroatoms. The molecule has 0 saturated carbocycles. The minimum Gasteiger partial charge on any atom is -0.480 e. The SMILES string of the molecule is CN(C)c1nc2c(c(N3CCC[C@H](C#N)C3)n1)CCN(CC(=O)O)CC2. The second-order valence-electron chi connectivity index (χ2n) is 7.25. The lowest BCUT2D eigenvalue weighted by atomic mass is 9.98. The van der Waals surface area contributed by atoms with Crippen LogP contribution in [0.25, 0.3) is 0 Å². The zero-order chi connectivity index (χ0) is 18.7. The Morgan fingerprint density at radius 3 is 2.77 bits per heavy atom. The van der Waals surface area contributed by atoms with Gasteiger partial charge in [-0.1, -0.05) is 0 Å². The molecule has 1 N–H and O–H groups in total. The number of aliphatic carboxylic acids is 1. The summed E-state index contributed by atoms with van der Waals surface area (Å²) in [5.41, 5.74) is 2.12. The summed E-state index contributed by atoms with van der Waals surface area (Å²) in [5.74, 6) is 0.830. The zero-order valence-corrected chi connectivity index (χ0v) is 15.5. The predicted octanol–water partition coefficient (Wildman–Crippen LogP) is 0.768. The summed E-state index contributed by atoms with van der Waals surface area (Å²) in [4.78, 5) is 26.7. The lowest BCUT2D eigenvalue weighted by Gasteiger charge is -2.33. The highest BCUT2D eigenvalue weighted by molar-refractivity contribution is 5.69. The summed E-state index contributed by atoms with van der Waals surface area (Å²) in [5, 5.41) is 18.4. The van der Waals surface area contributed by atoms with Crippen LogP contribution in [0.4, 0.5) is 11.8 Å². The van der Waals surface area contributed by atoms with Gasteiger partial charge in [-0.25, -0.2) is 4.98 Å². The molecule has 1 aromatic heterocycles. The van der Waals surface area contributed by atoms with E-state index >= 15 is 0 Å². The van der Waals surface area contributed by atoms with Crippen LogP contribution in [0.3, 0.4) is 0 Å². The highest BCUT2D eigenvalue weighted by Crippen LogP contribution is 2.30. The molecule has 1 fully saturated rings. The Labute approximate surface area is 154 Å². The van der Waals surface area contributed by atoms with Crippen LogP contribution in [0.5, 0.6) is 0 Å². The van der Waals surface area contributed by atoms with Crippen LogP contribution in [0.1, 0.15) is 24.1 Å². The lowest BCUT2D eigenvalue weighted by molar-refractivity contribution is -0.138. The van der Waals surface area contributed by atoms with Crippen LogP contribution in [-0.2, 0) is 17.6 Å². The fraction of sp³-hybridized carbons (Fsp3) is 0.667. The van der Waals surface area contributed by atoms with Gasteiger partial charge in [-0.05, 0) is 19.3 Å². The van der Waals surface area contributed by atoms with E-state index in [1.807, 2.05) is 23.9 Å². The molecule has 3 rings (SSSR count). The Morgan fingerprint density at radius 2 is 2.08 bits per heavy atom. The highest BCUT2D eigenvalue weighted by Gasteiger charge is 2.27. The predicted molar refractivity (Wildman–Crippen MR) is 98.4 cm³/mol. The van der Waals surface area contributed by atoms with Crippen LogP contribution in [-0.4, -0.2) is 72.8 Å². The van der Waals surface area contributed by atoms with Crippen LogP contribution in [0.2, 0.25) is 0 Å². The fourth-order valence-electron chi connectivity index (χ4n) is 3.70. The first-order valence-corrected chi connectivity index (χ1v) is 9.13. The number of aromatic nitrogens is 2. The first-order valence-electron chi connectivity index (χ1n) is 9.13. The van der Waals surface area contributed by atoms with Crippen molar-refractivity contribution >= 4 is 17.7 Å². The molecule has 26 heavy (non-hydrogen) atoms. The van der Waals surface area contributed by atoms with Crippen molar-refractivity contribution in [3.63, 3.8) is 0 Å². The van der Waals surface area contributed by atoms with Crippen molar-refractivity contribution in [3.05, 3.63) is 11.3 Å². The van der Waals surface area contributed by atoms with Gasteiger partial charge < -0.3 is 14.9 Å². The number of carbonyl (C=O) groups is 1. The Morgan fingerprint density at radius 1 is 1.31 bits per heavy atom. The maximum atomic E-state index is 11.1. The van der Waals surface area contributed by atoms with Gasteiger partial charge in [0.15, 0.2) is 0 Å². The van der Waals surface area contributed by atoms with Crippen LogP contribution >= 0.6 is 0 Å². The summed E-state index contributed by atoms with van der Waals surface area (Å²) in [6, 6.07) is 2.39. The molecule has 3 heterocycles. The number of anilines is 2.